The van der Waals surface area contributed by atoms with E-state index in [-0.39, 0.29) is 28.8 Å². The standard InChI is InChI=1S/C12H9ClF3N3O/c1-5(2)20-12-18-10(17-11(13)19-12)6-3-4-7(14)9(16)8(6)15/h3-5H,1-2H3. The molecule has 20 heavy (non-hydrogen) atoms. The fourth-order valence-corrected chi connectivity index (χ4v) is 1.57. The van der Waals surface area contributed by atoms with Crippen LogP contribution in [0.1, 0.15) is 13.8 Å². The molecule has 0 saturated heterocycles. The molecule has 4 nitrogen and oxygen atoms in total. The van der Waals surface area contributed by atoms with E-state index in [1.165, 1.54) is 0 Å². The zero-order chi connectivity index (χ0) is 14.9. The van der Waals surface area contributed by atoms with Crippen LogP contribution in [0.25, 0.3) is 11.4 Å². The summed E-state index contributed by atoms with van der Waals surface area (Å²) >= 11 is 5.67. The molecule has 0 unspecified atom stereocenters. The van der Waals surface area contributed by atoms with Crippen molar-refractivity contribution in [2.75, 3.05) is 0 Å². The van der Waals surface area contributed by atoms with Crippen LogP contribution in [0.3, 0.4) is 0 Å². The smallest absolute Gasteiger partial charge is 0.321 e. The molecule has 0 radical (unpaired) electrons. The van der Waals surface area contributed by atoms with Crippen LogP contribution < -0.4 is 4.74 Å². The summed E-state index contributed by atoms with van der Waals surface area (Å²) in [6.45, 7) is 3.46. The Morgan fingerprint density at radius 3 is 2.40 bits per heavy atom. The maximum atomic E-state index is 13.7. The Balaban J connectivity index is 2.53. The van der Waals surface area contributed by atoms with E-state index < -0.39 is 17.5 Å². The fraction of sp³-hybridized carbons (Fsp3) is 0.250. The first-order valence-corrected chi connectivity index (χ1v) is 5.98. The summed E-state index contributed by atoms with van der Waals surface area (Å²) in [6, 6.07) is 1.66. The van der Waals surface area contributed by atoms with Gasteiger partial charge in [-0.2, -0.15) is 15.0 Å². The molecule has 1 aromatic carbocycles. The molecule has 0 aliphatic carbocycles. The second kappa shape index (κ2) is 5.62. The van der Waals surface area contributed by atoms with E-state index in [4.69, 9.17) is 16.3 Å². The van der Waals surface area contributed by atoms with E-state index in [1.807, 2.05) is 0 Å². The molecule has 0 bridgehead atoms. The van der Waals surface area contributed by atoms with Gasteiger partial charge in [-0.05, 0) is 37.6 Å². The average Bonchev–Trinajstić information content (AvgIpc) is 2.34. The van der Waals surface area contributed by atoms with Gasteiger partial charge in [-0.3, -0.25) is 0 Å². The maximum absolute atomic E-state index is 13.7. The van der Waals surface area contributed by atoms with E-state index in [1.54, 1.807) is 13.8 Å². The lowest BCUT2D eigenvalue weighted by atomic mass is 10.2. The van der Waals surface area contributed by atoms with Gasteiger partial charge >= 0.3 is 6.01 Å². The van der Waals surface area contributed by atoms with Gasteiger partial charge in [-0.15, -0.1) is 0 Å². The van der Waals surface area contributed by atoms with Crippen molar-refractivity contribution in [1.82, 2.24) is 15.0 Å². The topological polar surface area (TPSA) is 47.9 Å². The number of aromatic nitrogens is 3. The van der Waals surface area contributed by atoms with Crippen LogP contribution in [0, 0.1) is 17.5 Å². The molecule has 0 atom stereocenters. The monoisotopic (exact) mass is 303 g/mol. The molecule has 0 N–H and O–H groups in total. The van der Waals surface area contributed by atoms with Crippen LogP contribution in [-0.2, 0) is 0 Å². The van der Waals surface area contributed by atoms with Crippen molar-refractivity contribution in [3.8, 4) is 17.4 Å². The van der Waals surface area contributed by atoms with E-state index in [2.05, 4.69) is 15.0 Å². The molecule has 0 fully saturated rings. The van der Waals surface area contributed by atoms with Gasteiger partial charge < -0.3 is 4.74 Å². The first-order chi connectivity index (χ1) is 9.38. The molecule has 0 aliphatic rings. The van der Waals surface area contributed by atoms with Crippen molar-refractivity contribution in [3.63, 3.8) is 0 Å². The number of halogens is 4. The van der Waals surface area contributed by atoms with Gasteiger partial charge in [0, 0.05) is 0 Å². The second-order valence-corrected chi connectivity index (χ2v) is 4.44. The van der Waals surface area contributed by atoms with Gasteiger partial charge in [0.05, 0.1) is 11.7 Å². The number of rotatable bonds is 3. The lowest BCUT2D eigenvalue weighted by molar-refractivity contribution is 0.222. The number of hydrogen-bond acceptors (Lipinski definition) is 4. The molecule has 8 heteroatoms. The Morgan fingerprint density at radius 1 is 1.05 bits per heavy atom. The summed E-state index contributed by atoms with van der Waals surface area (Å²) in [7, 11) is 0. The summed E-state index contributed by atoms with van der Waals surface area (Å²) in [5, 5.41) is -0.241. The summed E-state index contributed by atoms with van der Waals surface area (Å²) in [4.78, 5) is 11.2. The zero-order valence-electron chi connectivity index (χ0n) is 10.5. The largest absolute Gasteiger partial charge is 0.461 e. The maximum Gasteiger partial charge on any atom is 0.321 e. The Morgan fingerprint density at radius 2 is 1.75 bits per heavy atom. The van der Waals surface area contributed by atoms with Crippen molar-refractivity contribution >= 4 is 11.6 Å². The van der Waals surface area contributed by atoms with Gasteiger partial charge in [0.1, 0.15) is 0 Å². The third-order valence-corrected chi connectivity index (χ3v) is 2.37. The van der Waals surface area contributed by atoms with Crippen molar-refractivity contribution in [2.24, 2.45) is 0 Å². The highest BCUT2D eigenvalue weighted by atomic mass is 35.5. The Bertz CT molecular complexity index is 652. The quantitative estimate of drug-likeness (QED) is 0.815. The zero-order valence-corrected chi connectivity index (χ0v) is 11.2. The summed E-state index contributed by atoms with van der Waals surface area (Å²) in [5.41, 5.74) is -0.332. The first kappa shape index (κ1) is 14.5. The Labute approximate surface area is 117 Å². The predicted octanol–water partition coefficient (Wildman–Crippen LogP) is 3.40. The van der Waals surface area contributed by atoms with Gasteiger partial charge in [-0.1, -0.05) is 0 Å². The normalized spacial score (nSPS) is 10.9. The van der Waals surface area contributed by atoms with Gasteiger partial charge in [0.2, 0.25) is 5.28 Å². The molecule has 0 aliphatic heterocycles. The van der Waals surface area contributed by atoms with Crippen molar-refractivity contribution in [1.29, 1.82) is 0 Å². The van der Waals surface area contributed by atoms with Crippen molar-refractivity contribution in [2.45, 2.75) is 20.0 Å². The number of ether oxygens (including phenoxy) is 1. The minimum Gasteiger partial charge on any atom is -0.461 e. The van der Waals surface area contributed by atoms with Crippen molar-refractivity contribution < 1.29 is 17.9 Å². The van der Waals surface area contributed by atoms with Gasteiger partial charge in [-0.25, -0.2) is 13.2 Å². The minimum absolute atomic E-state index is 0.126. The van der Waals surface area contributed by atoms with Gasteiger partial charge in [0.15, 0.2) is 23.3 Å². The lowest BCUT2D eigenvalue weighted by Gasteiger charge is -2.09. The highest BCUT2D eigenvalue weighted by Gasteiger charge is 2.18. The average molecular weight is 304 g/mol. The van der Waals surface area contributed by atoms with E-state index in [0.717, 1.165) is 12.1 Å². The van der Waals surface area contributed by atoms with Crippen LogP contribution in [0.15, 0.2) is 12.1 Å². The Kier molecular flexibility index (Phi) is 4.08. The Hall–Kier alpha value is -1.89. The highest BCUT2D eigenvalue weighted by molar-refractivity contribution is 6.28. The summed E-state index contributed by atoms with van der Waals surface area (Å²) < 4.78 is 45.0. The molecule has 106 valence electrons. The van der Waals surface area contributed by atoms with Crippen LogP contribution in [0.5, 0.6) is 6.01 Å². The van der Waals surface area contributed by atoms with Crippen LogP contribution >= 0.6 is 11.6 Å². The number of hydrogen-bond donors (Lipinski definition) is 0. The summed E-state index contributed by atoms with van der Waals surface area (Å²) in [5.74, 6) is -4.55. The van der Waals surface area contributed by atoms with E-state index in [0.29, 0.717) is 0 Å². The SMILES string of the molecule is CC(C)Oc1nc(Cl)nc(-c2ccc(F)c(F)c2F)n1. The van der Waals surface area contributed by atoms with Crippen LogP contribution in [0.2, 0.25) is 5.28 Å². The summed E-state index contributed by atoms with van der Waals surface area (Å²) in [6.07, 6.45) is -0.240. The molecule has 1 aromatic heterocycles. The minimum atomic E-state index is -1.61. The highest BCUT2D eigenvalue weighted by Crippen LogP contribution is 2.25. The van der Waals surface area contributed by atoms with Gasteiger partial charge in [0.25, 0.3) is 0 Å². The van der Waals surface area contributed by atoms with E-state index in [9.17, 15) is 13.2 Å². The molecular formula is C12H9ClF3N3O. The molecule has 2 aromatic rings. The van der Waals surface area contributed by atoms with Crippen LogP contribution in [-0.4, -0.2) is 21.1 Å². The second-order valence-electron chi connectivity index (χ2n) is 4.10. The fourth-order valence-electron chi connectivity index (χ4n) is 1.41. The predicted molar refractivity (Wildman–Crippen MR) is 65.9 cm³/mol. The number of nitrogens with zero attached hydrogens (tertiary/aromatic N) is 3. The first-order valence-electron chi connectivity index (χ1n) is 5.60. The van der Waals surface area contributed by atoms with Crippen molar-refractivity contribution in [3.05, 3.63) is 34.9 Å². The van der Waals surface area contributed by atoms with Crippen LogP contribution in [0.4, 0.5) is 13.2 Å². The third kappa shape index (κ3) is 2.98. The lowest BCUT2D eigenvalue weighted by Crippen LogP contribution is -2.10. The molecular weight excluding hydrogens is 295 g/mol. The molecule has 0 spiro atoms. The molecule has 2 rings (SSSR count). The van der Waals surface area contributed by atoms with E-state index >= 15 is 0 Å². The molecule has 0 amide bonds. The molecule has 0 saturated carbocycles. The third-order valence-electron chi connectivity index (χ3n) is 2.20. The molecule has 1 heterocycles. The number of benzene rings is 1.